The van der Waals surface area contributed by atoms with Crippen LogP contribution in [0.2, 0.25) is 0 Å². The van der Waals surface area contributed by atoms with Crippen LogP contribution in [0.25, 0.3) is 0 Å². The zero-order valence-corrected chi connectivity index (χ0v) is 12.2. The van der Waals surface area contributed by atoms with E-state index in [1.54, 1.807) is 6.20 Å². The van der Waals surface area contributed by atoms with Crippen molar-refractivity contribution in [3.63, 3.8) is 0 Å². The summed E-state index contributed by atoms with van der Waals surface area (Å²) in [6.07, 6.45) is 2.87. The Morgan fingerprint density at radius 2 is 2.11 bits per heavy atom. The molecule has 5 heteroatoms. The Balaban J connectivity index is 2.78. The summed E-state index contributed by atoms with van der Waals surface area (Å²) < 4.78 is 0. The number of pyridine rings is 1. The maximum absolute atomic E-state index is 5.74. The van der Waals surface area contributed by atoms with Crippen molar-refractivity contribution in [2.24, 2.45) is 5.73 Å². The number of thiocarbonyl (C=S) groups is 1. The predicted octanol–water partition coefficient (Wildman–Crippen LogP) is 1.49. The quantitative estimate of drug-likeness (QED) is 0.758. The fourth-order valence-electron chi connectivity index (χ4n) is 1.83. The van der Waals surface area contributed by atoms with Gasteiger partial charge in [0.1, 0.15) is 10.8 Å². The Labute approximate surface area is 115 Å². The maximum Gasteiger partial charge on any atom is 0.138 e. The number of anilines is 1. The van der Waals surface area contributed by atoms with E-state index in [0.29, 0.717) is 4.99 Å². The van der Waals surface area contributed by atoms with Crippen LogP contribution < -0.4 is 10.6 Å². The highest BCUT2D eigenvalue weighted by molar-refractivity contribution is 7.80. The standard InChI is InChI=1S/C13H22N4S/c1-4-17(10-6-9-16(2)3)13-11(12(14)18)7-5-8-15-13/h5,7-8H,4,6,9-10H2,1-3H3,(H2,14,18). The molecule has 4 nitrogen and oxygen atoms in total. The van der Waals surface area contributed by atoms with Gasteiger partial charge in [-0.05, 0) is 46.1 Å². The summed E-state index contributed by atoms with van der Waals surface area (Å²) in [4.78, 5) is 9.22. The molecule has 0 aliphatic rings. The van der Waals surface area contributed by atoms with Crippen molar-refractivity contribution < 1.29 is 0 Å². The van der Waals surface area contributed by atoms with Crippen molar-refractivity contribution in [1.82, 2.24) is 9.88 Å². The lowest BCUT2D eigenvalue weighted by molar-refractivity contribution is 0.400. The van der Waals surface area contributed by atoms with E-state index in [1.165, 1.54) is 0 Å². The van der Waals surface area contributed by atoms with Gasteiger partial charge >= 0.3 is 0 Å². The third-order valence-corrected chi connectivity index (χ3v) is 2.99. The van der Waals surface area contributed by atoms with Crippen LogP contribution in [0.3, 0.4) is 0 Å². The summed E-state index contributed by atoms with van der Waals surface area (Å²) in [5.74, 6) is 0.895. The van der Waals surface area contributed by atoms with Gasteiger partial charge < -0.3 is 15.5 Å². The van der Waals surface area contributed by atoms with Gasteiger partial charge in [0.2, 0.25) is 0 Å². The molecule has 1 aromatic rings. The van der Waals surface area contributed by atoms with Gasteiger partial charge in [0.25, 0.3) is 0 Å². The number of rotatable bonds is 7. The van der Waals surface area contributed by atoms with Gasteiger partial charge in [0, 0.05) is 19.3 Å². The van der Waals surface area contributed by atoms with Gasteiger partial charge in [-0.2, -0.15) is 0 Å². The molecule has 1 aromatic heterocycles. The van der Waals surface area contributed by atoms with Crippen LogP contribution in [0.1, 0.15) is 18.9 Å². The lowest BCUT2D eigenvalue weighted by atomic mass is 10.2. The van der Waals surface area contributed by atoms with Crippen molar-refractivity contribution in [2.45, 2.75) is 13.3 Å². The summed E-state index contributed by atoms with van der Waals surface area (Å²) in [7, 11) is 4.16. The van der Waals surface area contributed by atoms with E-state index in [2.05, 4.69) is 35.8 Å². The Hall–Kier alpha value is -1.20. The van der Waals surface area contributed by atoms with Gasteiger partial charge in [-0.25, -0.2) is 4.98 Å². The van der Waals surface area contributed by atoms with Gasteiger partial charge in [-0.15, -0.1) is 0 Å². The Morgan fingerprint density at radius 1 is 1.39 bits per heavy atom. The summed E-state index contributed by atoms with van der Waals surface area (Å²) in [6.45, 7) is 5.04. The normalized spacial score (nSPS) is 10.7. The molecule has 0 aromatic carbocycles. The Bertz CT molecular complexity index is 392. The Morgan fingerprint density at radius 3 is 2.67 bits per heavy atom. The number of hydrogen-bond donors (Lipinski definition) is 1. The van der Waals surface area contributed by atoms with Gasteiger partial charge in [0.05, 0.1) is 5.56 Å². The number of hydrogen-bond acceptors (Lipinski definition) is 4. The molecule has 18 heavy (non-hydrogen) atoms. The second kappa shape index (κ2) is 7.28. The van der Waals surface area contributed by atoms with Gasteiger partial charge in [0.15, 0.2) is 0 Å². The minimum atomic E-state index is 0.407. The van der Waals surface area contributed by atoms with E-state index in [0.717, 1.165) is 37.4 Å². The van der Waals surface area contributed by atoms with Crippen LogP contribution in [0, 0.1) is 0 Å². The zero-order chi connectivity index (χ0) is 13.5. The van der Waals surface area contributed by atoms with E-state index < -0.39 is 0 Å². The van der Waals surface area contributed by atoms with Crippen molar-refractivity contribution in [1.29, 1.82) is 0 Å². The third-order valence-electron chi connectivity index (χ3n) is 2.77. The highest BCUT2D eigenvalue weighted by atomic mass is 32.1. The Kier molecular flexibility index (Phi) is 6.01. The first-order valence-corrected chi connectivity index (χ1v) is 6.61. The van der Waals surface area contributed by atoms with Crippen molar-refractivity contribution >= 4 is 23.0 Å². The van der Waals surface area contributed by atoms with Crippen LogP contribution in [0.4, 0.5) is 5.82 Å². The molecule has 0 amide bonds. The molecule has 0 atom stereocenters. The predicted molar refractivity (Wildman–Crippen MR) is 81.2 cm³/mol. The average Bonchev–Trinajstić information content (AvgIpc) is 2.34. The summed E-state index contributed by atoms with van der Waals surface area (Å²) in [5, 5.41) is 0. The lowest BCUT2D eigenvalue weighted by Gasteiger charge is -2.24. The van der Waals surface area contributed by atoms with Crippen LogP contribution in [-0.2, 0) is 0 Å². The topological polar surface area (TPSA) is 45.4 Å². The van der Waals surface area contributed by atoms with Crippen molar-refractivity contribution in [3.05, 3.63) is 23.9 Å². The summed E-state index contributed by atoms with van der Waals surface area (Å²) in [6, 6.07) is 3.80. The van der Waals surface area contributed by atoms with Crippen molar-refractivity contribution in [3.8, 4) is 0 Å². The monoisotopic (exact) mass is 266 g/mol. The molecule has 1 rings (SSSR count). The molecule has 0 aliphatic carbocycles. The summed E-state index contributed by atoms with van der Waals surface area (Å²) in [5.41, 5.74) is 6.60. The lowest BCUT2D eigenvalue weighted by Crippen LogP contribution is -2.30. The fourth-order valence-corrected chi connectivity index (χ4v) is 1.99. The number of nitrogens with zero attached hydrogens (tertiary/aromatic N) is 3. The molecular formula is C13H22N4S. The second-order valence-corrected chi connectivity index (χ2v) is 4.92. The van der Waals surface area contributed by atoms with E-state index in [-0.39, 0.29) is 0 Å². The van der Waals surface area contributed by atoms with Crippen LogP contribution in [0.15, 0.2) is 18.3 Å². The van der Waals surface area contributed by atoms with Crippen LogP contribution in [-0.4, -0.2) is 48.6 Å². The smallest absolute Gasteiger partial charge is 0.138 e. The molecule has 1 heterocycles. The second-order valence-electron chi connectivity index (χ2n) is 4.48. The molecule has 2 N–H and O–H groups in total. The fraction of sp³-hybridized carbons (Fsp3) is 0.538. The SMILES string of the molecule is CCN(CCCN(C)C)c1ncccc1C(N)=S. The first-order valence-electron chi connectivity index (χ1n) is 6.20. The minimum Gasteiger partial charge on any atom is -0.389 e. The first-order chi connectivity index (χ1) is 8.56. The molecule has 0 bridgehead atoms. The molecule has 0 saturated heterocycles. The molecule has 0 saturated carbocycles. The van der Waals surface area contributed by atoms with Gasteiger partial charge in [-0.1, -0.05) is 12.2 Å². The molecule has 100 valence electrons. The number of aromatic nitrogens is 1. The van der Waals surface area contributed by atoms with Crippen LogP contribution in [0.5, 0.6) is 0 Å². The summed E-state index contributed by atoms with van der Waals surface area (Å²) >= 11 is 5.07. The molecule has 0 unspecified atom stereocenters. The van der Waals surface area contributed by atoms with E-state index in [4.69, 9.17) is 18.0 Å². The molecule has 0 radical (unpaired) electrons. The highest BCUT2D eigenvalue weighted by Crippen LogP contribution is 2.17. The van der Waals surface area contributed by atoms with Crippen molar-refractivity contribution in [2.75, 3.05) is 38.6 Å². The molecule has 0 fully saturated rings. The van der Waals surface area contributed by atoms with E-state index in [1.807, 2.05) is 12.1 Å². The molecular weight excluding hydrogens is 244 g/mol. The van der Waals surface area contributed by atoms with E-state index >= 15 is 0 Å². The van der Waals surface area contributed by atoms with E-state index in [9.17, 15) is 0 Å². The zero-order valence-electron chi connectivity index (χ0n) is 11.4. The van der Waals surface area contributed by atoms with Gasteiger partial charge in [-0.3, -0.25) is 0 Å². The minimum absolute atomic E-state index is 0.407. The van der Waals surface area contributed by atoms with Crippen LogP contribution >= 0.6 is 12.2 Å². The molecule has 0 aliphatic heterocycles. The third kappa shape index (κ3) is 4.23. The largest absolute Gasteiger partial charge is 0.389 e. The maximum atomic E-state index is 5.74. The highest BCUT2D eigenvalue weighted by Gasteiger charge is 2.12. The average molecular weight is 266 g/mol. The first kappa shape index (κ1) is 14.9. The number of nitrogens with two attached hydrogens (primary N) is 1. The molecule has 0 spiro atoms.